The van der Waals surface area contributed by atoms with Gasteiger partial charge in [0.1, 0.15) is 11.5 Å². The van der Waals surface area contributed by atoms with Crippen LogP contribution in [0.4, 0.5) is 5.82 Å². The SMILES string of the molecule is CNCc1nc(C)cc2c1CN(c1cccc(-c3nnc(S(C)(=O)=O)n3C(C)C)n1)C2=O. The summed E-state index contributed by atoms with van der Waals surface area (Å²) in [4.78, 5) is 24.0. The molecule has 168 valence electrons. The Morgan fingerprint density at radius 1 is 1.19 bits per heavy atom. The Hall–Kier alpha value is -3.18. The number of hydrogen-bond acceptors (Lipinski definition) is 8. The lowest BCUT2D eigenvalue weighted by molar-refractivity contribution is 0.0996. The third kappa shape index (κ3) is 3.78. The molecule has 10 nitrogen and oxygen atoms in total. The molecule has 0 aliphatic carbocycles. The van der Waals surface area contributed by atoms with Crippen molar-refractivity contribution in [1.29, 1.82) is 0 Å². The number of pyridine rings is 2. The molecular formula is C21H25N7O3S. The Balaban J connectivity index is 1.76. The van der Waals surface area contributed by atoms with E-state index < -0.39 is 9.84 Å². The fourth-order valence-electron chi connectivity index (χ4n) is 3.87. The molecule has 0 saturated heterocycles. The van der Waals surface area contributed by atoms with E-state index in [1.807, 2.05) is 27.8 Å². The summed E-state index contributed by atoms with van der Waals surface area (Å²) < 4.78 is 25.8. The minimum atomic E-state index is -3.57. The maximum absolute atomic E-state index is 13.2. The van der Waals surface area contributed by atoms with Crippen LogP contribution in [-0.4, -0.2) is 52.4 Å². The Bertz CT molecular complexity index is 1310. The van der Waals surface area contributed by atoms with Crippen molar-refractivity contribution in [1.82, 2.24) is 30.0 Å². The lowest BCUT2D eigenvalue weighted by Crippen LogP contribution is -2.24. The van der Waals surface area contributed by atoms with Crippen LogP contribution < -0.4 is 10.2 Å². The van der Waals surface area contributed by atoms with Gasteiger partial charge in [0.25, 0.3) is 5.91 Å². The summed E-state index contributed by atoms with van der Waals surface area (Å²) in [5, 5.41) is 11.0. The first-order valence-corrected chi connectivity index (χ1v) is 12.1. The maximum atomic E-state index is 13.2. The van der Waals surface area contributed by atoms with Crippen LogP contribution in [0.3, 0.4) is 0 Å². The molecule has 0 spiro atoms. The number of anilines is 1. The van der Waals surface area contributed by atoms with E-state index in [4.69, 9.17) is 0 Å². The second-order valence-electron chi connectivity index (χ2n) is 8.08. The fourth-order valence-corrected chi connectivity index (χ4v) is 4.72. The summed E-state index contributed by atoms with van der Waals surface area (Å²) in [7, 11) is -1.73. The summed E-state index contributed by atoms with van der Waals surface area (Å²) in [5.74, 6) is 0.644. The Kier molecular flexibility index (Phi) is 5.55. The Morgan fingerprint density at radius 2 is 1.94 bits per heavy atom. The molecular weight excluding hydrogens is 430 g/mol. The van der Waals surface area contributed by atoms with E-state index in [-0.39, 0.29) is 17.1 Å². The van der Waals surface area contributed by atoms with Crippen molar-refractivity contribution >= 4 is 21.6 Å². The summed E-state index contributed by atoms with van der Waals surface area (Å²) >= 11 is 0. The van der Waals surface area contributed by atoms with E-state index in [0.29, 0.717) is 36.0 Å². The van der Waals surface area contributed by atoms with Crippen molar-refractivity contribution in [2.24, 2.45) is 0 Å². The van der Waals surface area contributed by atoms with E-state index in [1.165, 1.54) is 0 Å². The Labute approximate surface area is 186 Å². The van der Waals surface area contributed by atoms with E-state index in [0.717, 1.165) is 23.2 Å². The van der Waals surface area contributed by atoms with Crippen molar-refractivity contribution in [2.45, 2.75) is 45.1 Å². The first kappa shape index (κ1) is 22.0. The van der Waals surface area contributed by atoms with E-state index >= 15 is 0 Å². The number of amides is 1. The molecule has 1 aliphatic heterocycles. The second kappa shape index (κ2) is 8.06. The third-order valence-corrected chi connectivity index (χ3v) is 6.17. The van der Waals surface area contributed by atoms with Crippen molar-refractivity contribution in [3.63, 3.8) is 0 Å². The molecule has 32 heavy (non-hydrogen) atoms. The highest BCUT2D eigenvalue weighted by molar-refractivity contribution is 7.90. The number of nitrogens with zero attached hydrogens (tertiary/aromatic N) is 6. The zero-order valence-electron chi connectivity index (χ0n) is 18.6. The molecule has 0 atom stereocenters. The topological polar surface area (TPSA) is 123 Å². The van der Waals surface area contributed by atoms with Gasteiger partial charge in [-0.05, 0) is 46.0 Å². The highest BCUT2D eigenvalue weighted by Gasteiger charge is 2.32. The largest absolute Gasteiger partial charge is 0.314 e. The Morgan fingerprint density at radius 3 is 2.59 bits per heavy atom. The number of rotatable bonds is 6. The predicted octanol–water partition coefficient (Wildman–Crippen LogP) is 1.91. The summed E-state index contributed by atoms with van der Waals surface area (Å²) in [6.45, 7) is 6.49. The van der Waals surface area contributed by atoms with Gasteiger partial charge < -0.3 is 5.32 Å². The van der Waals surface area contributed by atoms with Gasteiger partial charge in [-0.25, -0.2) is 13.4 Å². The van der Waals surface area contributed by atoms with Crippen molar-refractivity contribution in [3.05, 3.63) is 46.8 Å². The number of aromatic nitrogens is 5. The molecule has 1 amide bonds. The number of aryl methyl sites for hydroxylation is 1. The number of carbonyl (C=O) groups excluding carboxylic acids is 1. The number of fused-ring (bicyclic) bond motifs is 1. The maximum Gasteiger partial charge on any atom is 0.260 e. The lowest BCUT2D eigenvalue weighted by Gasteiger charge is -2.17. The van der Waals surface area contributed by atoms with Gasteiger partial charge in [-0.1, -0.05) is 6.07 Å². The standard InChI is InChI=1S/C21H25N7O3S/c1-12(2)28-19(25-26-21(28)32(5,30)31)16-7-6-8-18(24-16)27-11-15-14(20(27)29)9-13(3)23-17(15)10-22-4/h6-9,12,22H,10-11H2,1-5H3. The molecule has 4 heterocycles. The van der Waals surface area contributed by atoms with Gasteiger partial charge in [-0.3, -0.25) is 19.2 Å². The fraction of sp³-hybridized carbons (Fsp3) is 0.381. The zero-order valence-corrected chi connectivity index (χ0v) is 19.4. The quantitative estimate of drug-likeness (QED) is 0.598. The molecule has 0 radical (unpaired) electrons. The van der Waals surface area contributed by atoms with Gasteiger partial charge in [0, 0.05) is 35.7 Å². The highest BCUT2D eigenvalue weighted by atomic mass is 32.2. The van der Waals surface area contributed by atoms with E-state index in [1.54, 1.807) is 33.7 Å². The number of sulfone groups is 1. The summed E-state index contributed by atoms with van der Waals surface area (Å²) in [6, 6.07) is 6.84. The smallest absolute Gasteiger partial charge is 0.260 e. The van der Waals surface area contributed by atoms with Gasteiger partial charge in [0.2, 0.25) is 15.0 Å². The minimum absolute atomic E-state index is 0.113. The van der Waals surface area contributed by atoms with Crippen LogP contribution in [0.15, 0.2) is 29.4 Å². The molecule has 0 fully saturated rings. The lowest BCUT2D eigenvalue weighted by atomic mass is 10.1. The molecule has 0 bridgehead atoms. The molecule has 3 aromatic heterocycles. The second-order valence-corrected chi connectivity index (χ2v) is 9.99. The molecule has 4 rings (SSSR count). The molecule has 0 aromatic carbocycles. The summed E-state index contributed by atoms with van der Waals surface area (Å²) in [6.07, 6.45) is 1.10. The van der Waals surface area contributed by atoms with Gasteiger partial charge in [0.05, 0.1) is 12.2 Å². The molecule has 1 aliphatic rings. The zero-order chi connectivity index (χ0) is 23.2. The van der Waals surface area contributed by atoms with Crippen LogP contribution >= 0.6 is 0 Å². The van der Waals surface area contributed by atoms with Gasteiger partial charge >= 0.3 is 0 Å². The molecule has 0 unspecified atom stereocenters. The van der Waals surface area contributed by atoms with Crippen molar-refractivity contribution in [2.75, 3.05) is 18.2 Å². The van der Waals surface area contributed by atoms with E-state index in [2.05, 4.69) is 25.5 Å². The van der Waals surface area contributed by atoms with Crippen LogP contribution in [0.25, 0.3) is 11.5 Å². The average molecular weight is 456 g/mol. The van der Waals surface area contributed by atoms with Gasteiger partial charge in [0.15, 0.2) is 5.82 Å². The normalized spacial score (nSPS) is 13.8. The first-order chi connectivity index (χ1) is 15.1. The van der Waals surface area contributed by atoms with Gasteiger partial charge in [-0.2, -0.15) is 0 Å². The molecule has 0 saturated carbocycles. The van der Waals surface area contributed by atoms with Crippen LogP contribution in [0.1, 0.15) is 47.2 Å². The third-order valence-electron chi connectivity index (χ3n) is 5.23. The minimum Gasteiger partial charge on any atom is -0.314 e. The van der Waals surface area contributed by atoms with Crippen LogP contribution in [0, 0.1) is 6.92 Å². The predicted molar refractivity (Wildman–Crippen MR) is 119 cm³/mol. The molecule has 11 heteroatoms. The number of hydrogen-bond donors (Lipinski definition) is 1. The number of carbonyl (C=O) groups is 1. The monoisotopic (exact) mass is 455 g/mol. The van der Waals surface area contributed by atoms with Crippen molar-refractivity contribution < 1.29 is 13.2 Å². The average Bonchev–Trinajstić information content (AvgIpc) is 3.31. The van der Waals surface area contributed by atoms with Gasteiger partial charge in [-0.15, -0.1) is 10.2 Å². The number of nitrogens with one attached hydrogen (secondary N) is 1. The first-order valence-electron chi connectivity index (χ1n) is 10.2. The van der Waals surface area contributed by atoms with Crippen LogP contribution in [0.2, 0.25) is 0 Å². The summed E-state index contributed by atoms with van der Waals surface area (Å²) in [5.41, 5.74) is 3.56. The van der Waals surface area contributed by atoms with E-state index in [9.17, 15) is 13.2 Å². The molecule has 1 N–H and O–H groups in total. The van der Waals surface area contributed by atoms with Crippen molar-refractivity contribution in [3.8, 4) is 11.5 Å². The highest BCUT2D eigenvalue weighted by Crippen LogP contribution is 2.31. The van der Waals surface area contributed by atoms with Crippen LogP contribution in [0.5, 0.6) is 0 Å². The molecule has 3 aromatic rings. The van der Waals surface area contributed by atoms with Crippen LogP contribution in [-0.2, 0) is 22.9 Å².